The Hall–Kier alpha value is -2.94. The Labute approximate surface area is 175 Å². The zero-order valence-electron chi connectivity index (χ0n) is 16.6. The molecule has 1 amide bonds. The van der Waals surface area contributed by atoms with Gasteiger partial charge in [0.1, 0.15) is 18.2 Å². The summed E-state index contributed by atoms with van der Waals surface area (Å²) in [5.74, 6) is -0.211. The Morgan fingerprint density at radius 2 is 1.83 bits per heavy atom. The molecule has 0 bridgehead atoms. The van der Waals surface area contributed by atoms with Crippen LogP contribution in [0.15, 0.2) is 58.4 Å². The second kappa shape index (κ2) is 8.06. The molecule has 0 atom stereocenters. The van der Waals surface area contributed by atoms with E-state index in [-0.39, 0.29) is 35.0 Å². The number of rotatable bonds is 4. The summed E-state index contributed by atoms with van der Waals surface area (Å²) in [6.07, 6.45) is 1.59. The number of sulfonamides is 1. The fraction of sp³-hybridized carbons (Fsp3) is 0.333. The minimum atomic E-state index is -3.61. The predicted molar refractivity (Wildman–Crippen MR) is 113 cm³/mol. The second-order valence-electron chi connectivity index (χ2n) is 7.47. The standard InChI is InChI=1S/C21H23FN4O3S/c1-25(16-10-12-26(13-11-16)17-8-6-15(22)7-9-17)20(27)14-23-21-18-4-2-3-5-19(18)30(28,29)24-21/h2-9,16H,10-14H2,1H3,(H,23,24). The highest BCUT2D eigenvalue weighted by Gasteiger charge is 2.31. The van der Waals surface area contributed by atoms with Gasteiger partial charge in [0, 0.05) is 37.4 Å². The van der Waals surface area contributed by atoms with Gasteiger partial charge in [-0.25, -0.2) is 12.8 Å². The summed E-state index contributed by atoms with van der Waals surface area (Å²) in [6.45, 7) is 1.42. The number of benzene rings is 2. The number of halogens is 1. The molecule has 1 N–H and O–H groups in total. The van der Waals surface area contributed by atoms with Crippen LogP contribution in [0.5, 0.6) is 0 Å². The van der Waals surface area contributed by atoms with Crippen molar-refractivity contribution in [1.29, 1.82) is 0 Å². The third kappa shape index (κ3) is 4.02. The minimum absolute atomic E-state index is 0.0851. The SMILES string of the molecule is CN(C(=O)CN=C1NS(=O)(=O)c2ccccc21)C1CCN(c2ccc(F)cc2)CC1. The van der Waals surface area contributed by atoms with Gasteiger partial charge in [-0.3, -0.25) is 14.5 Å². The van der Waals surface area contributed by atoms with Crippen molar-refractivity contribution in [2.45, 2.75) is 23.8 Å². The molecule has 0 spiro atoms. The summed E-state index contributed by atoms with van der Waals surface area (Å²) < 4.78 is 39.8. The number of piperidine rings is 1. The highest BCUT2D eigenvalue weighted by Crippen LogP contribution is 2.24. The monoisotopic (exact) mass is 430 g/mol. The van der Waals surface area contributed by atoms with Gasteiger partial charge in [-0.2, -0.15) is 0 Å². The van der Waals surface area contributed by atoms with E-state index >= 15 is 0 Å². The van der Waals surface area contributed by atoms with E-state index < -0.39 is 10.0 Å². The number of carbonyl (C=O) groups is 1. The van der Waals surface area contributed by atoms with E-state index in [1.807, 2.05) is 0 Å². The molecule has 0 unspecified atom stereocenters. The molecular formula is C21H23FN4O3S. The van der Waals surface area contributed by atoms with Crippen LogP contribution in [-0.4, -0.2) is 57.8 Å². The third-order valence-corrected chi connectivity index (χ3v) is 7.03. The van der Waals surface area contributed by atoms with Gasteiger partial charge in [0.2, 0.25) is 5.91 Å². The molecule has 158 valence electrons. The molecule has 0 saturated carbocycles. The Morgan fingerprint density at radius 3 is 2.53 bits per heavy atom. The van der Waals surface area contributed by atoms with Gasteiger partial charge >= 0.3 is 0 Å². The maximum absolute atomic E-state index is 13.1. The van der Waals surface area contributed by atoms with Gasteiger partial charge in [-0.05, 0) is 49.2 Å². The van der Waals surface area contributed by atoms with E-state index in [1.54, 1.807) is 42.3 Å². The largest absolute Gasteiger partial charge is 0.371 e. The molecule has 1 fully saturated rings. The highest BCUT2D eigenvalue weighted by molar-refractivity contribution is 7.90. The van der Waals surface area contributed by atoms with E-state index in [2.05, 4.69) is 14.6 Å². The first-order chi connectivity index (χ1) is 14.3. The average Bonchev–Trinajstić information content (AvgIpc) is 3.02. The Balaban J connectivity index is 1.36. The fourth-order valence-corrected chi connectivity index (χ4v) is 5.13. The Morgan fingerprint density at radius 1 is 1.17 bits per heavy atom. The smallest absolute Gasteiger partial charge is 0.263 e. The summed E-state index contributed by atoms with van der Waals surface area (Å²) in [5, 5.41) is 0. The lowest BCUT2D eigenvalue weighted by Crippen LogP contribution is -2.46. The predicted octanol–water partition coefficient (Wildman–Crippen LogP) is 1.99. The zero-order chi connectivity index (χ0) is 21.3. The average molecular weight is 431 g/mol. The van der Waals surface area contributed by atoms with E-state index in [1.165, 1.54) is 18.2 Å². The molecule has 2 heterocycles. The molecule has 7 nitrogen and oxygen atoms in total. The quantitative estimate of drug-likeness (QED) is 0.804. The lowest BCUT2D eigenvalue weighted by Gasteiger charge is -2.37. The molecule has 0 radical (unpaired) electrons. The lowest BCUT2D eigenvalue weighted by molar-refractivity contribution is -0.130. The van der Waals surface area contributed by atoms with Crippen molar-refractivity contribution in [1.82, 2.24) is 9.62 Å². The summed E-state index contributed by atoms with van der Waals surface area (Å²) in [4.78, 5) is 20.9. The van der Waals surface area contributed by atoms with Crippen LogP contribution in [-0.2, 0) is 14.8 Å². The van der Waals surface area contributed by atoms with Crippen molar-refractivity contribution in [2.24, 2.45) is 4.99 Å². The highest BCUT2D eigenvalue weighted by atomic mass is 32.2. The molecule has 2 aliphatic rings. The third-order valence-electron chi connectivity index (χ3n) is 5.63. The van der Waals surface area contributed by atoms with Gasteiger partial charge in [-0.15, -0.1) is 0 Å². The van der Waals surface area contributed by atoms with Crippen molar-refractivity contribution in [2.75, 3.05) is 31.6 Å². The zero-order valence-corrected chi connectivity index (χ0v) is 17.4. The maximum atomic E-state index is 13.1. The van der Waals surface area contributed by atoms with Gasteiger partial charge in [0.05, 0.1) is 4.90 Å². The van der Waals surface area contributed by atoms with Gasteiger partial charge < -0.3 is 9.80 Å². The first-order valence-electron chi connectivity index (χ1n) is 9.78. The van der Waals surface area contributed by atoms with Crippen molar-refractivity contribution < 1.29 is 17.6 Å². The molecule has 1 saturated heterocycles. The maximum Gasteiger partial charge on any atom is 0.263 e. The number of carbonyl (C=O) groups excluding carboxylic acids is 1. The number of nitrogens with one attached hydrogen (secondary N) is 1. The molecular weight excluding hydrogens is 407 g/mol. The minimum Gasteiger partial charge on any atom is -0.371 e. The Bertz CT molecular complexity index is 1080. The van der Waals surface area contributed by atoms with Crippen LogP contribution < -0.4 is 9.62 Å². The fourth-order valence-electron chi connectivity index (χ4n) is 3.88. The van der Waals surface area contributed by atoms with Crippen LogP contribution in [0.3, 0.4) is 0 Å². The summed E-state index contributed by atoms with van der Waals surface area (Å²) in [6, 6.07) is 13.1. The van der Waals surface area contributed by atoms with Crippen LogP contribution in [0.2, 0.25) is 0 Å². The molecule has 2 aromatic rings. The van der Waals surface area contributed by atoms with Crippen LogP contribution in [0, 0.1) is 5.82 Å². The number of likely N-dealkylation sites (N-methyl/N-ethyl adjacent to an activating group) is 1. The first kappa shape index (κ1) is 20.3. The lowest BCUT2D eigenvalue weighted by atomic mass is 10.0. The number of hydrogen-bond donors (Lipinski definition) is 1. The topological polar surface area (TPSA) is 82.1 Å². The van der Waals surface area contributed by atoms with E-state index in [9.17, 15) is 17.6 Å². The van der Waals surface area contributed by atoms with E-state index in [0.717, 1.165) is 31.6 Å². The van der Waals surface area contributed by atoms with Crippen LogP contribution in [0.25, 0.3) is 0 Å². The molecule has 0 aromatic heterocycles. The number of hydrogen-bond acceptors (Lipinski definition) is 5. The van der Waals surface area contributed by atoms with Crippen molar-refractivity contribution in [3.05, 3.63) is 59.9 Å². The molecule has 9 heteroatoms. The summed E-state index contributed by atoms with van der Waals surface area (Å²) in [7, 11) is -1.86. The van der Waals surface area contributed by atoms with Gasteiger partial charge in [-0.1, -0.05) is 12.1 Å². The molecule has 2 aliphatic heterocycles. The van der Waals surface area contributed by atoms with Crippen molar-refractivity contribution in [3.63, 3.8) is 0 Å². The normalized spacial score (nSPS) is 19.4. The number of anilines is 1. The van der Waals surface area contributed by atoms with Gasteiger partial charge in [0.25, 0.3) is 10.0 Å². The first-order valence-corrected chi connectivity index (χ1v) is 11.3. The number of amidine groups is 1. The molecule has 4 rings (SSSR count). The molecule has 2 aromatic carbocycles. The van der Waals surface area contributed by atoms with Crippen molar-refractivity contribution in [3.8, 4) is 0 Å². The number of nitrogens with zero attached hydrogens (tertiary/aromatic N) is 3. The Kier molecular flexibility index (Phi) is 5.46. The van der Waals surface area contributed by atoms with Crippen molar-refractivity contribution >= 4 is 27.5 Å². The van der Waals surface area contributed by atoms with Crippen LogP contribution in [0.1, 0.15) is 18.4 Å². The van der Waals surface area contributed by atoms with E-state index in [4.69, 9.17) is 0 Å². The summed E-state index contributed by atoms with van der Waals surface area (Å²) in [5.41, 5.74) is 1.46. The molecule has 0 aliphatic carbocycles. The van der Waals surface area contributed by atoms with Crippen LogP contribution in [0.4, 0.5) is 10.1 Å². The van der Waals surface area contributed by atoms with Gasteiger partial charge in [0.15, 0.2) is 0 Å². The number of aliphatic imine (C=N–C) groups is 1. The molecule has 30 heavy (non-hydrogen) atoms. The second-order valence-corrected chi connectivity index (χ2v) is 9.12. The van der Waals surface area contributed by atoms with E-state index in [0.29, 0.717) is 5.56 Å². The van der Waals surface area contributed by atoms with Crippen LogP contribution >= 0.6 is 0 Å². The summed E-state index contributed by atoms with van der Waals surface area (Å²) >= 11 is 0. The number of amides is 1. The number of fused-ring (bicyclic) bond motifs is 1.